The maximum Gasteiger partial charge on any atom is 0.407 e. The van der Waals surface area contributed by atoms with Gasteiger partial charge in [-0.15, -0.1) is 0 Å². The molecule has 1 unspecified atom stereocenters. The van der Waals surface area contributed by atoms with Crippen LogP contribution in [0.4, 0.5) is 4.79 Å². The number of amides is 2. The highest BCUT2D eigenvalue weighted by Gasteiger charge is 2.31. The highest BCUT2D eigenvalue weighted by atomic mass is 16.5. The Morgan fingerprint density at radius 1 is 1.00 bits per heavy atom. The number of ether oxygens (including phenoxy) is 1. The Kier molecular flexibility index (Phi) is 8.06. The molecule has 2 aliphatic carbocycles. The lowest BCUT2D eigenvalue weighted by atomic mass is 9.82. The number of hydrogen-bond donors (Lipinski definition) is 3. The van der Waals surface area contributed by atoms with Gasteiger partial charge in [-0.2, -0.15) is 0 Å². The first kappa shape index (κ1) is 24.8. The number of hydrogen-bond acceptors (Lipinski definition) is 4. The van der Waals surface area contributed by atoms with Gasteiger partial charge >= 0.3 is 12.1 Å². The zero-order chi connectivity index (χ0) is 24.8. The Balaban J connectivity index is 1.29. The molecule has 0 saturated heterocycles. The van der Waals surface area contributed by atoms with Gasteiger partial charge in [0.2, 0.25) is 5.91 Å². The molecule has 0 spiro atoms. The second kappa shape index (κ2) is 11.4. The summed E-state index contributed by atoms with van der Waals surface area (Å²) >= 11 is 0. The molecule has 2 aromatic rings. The van der Waals surface area contributed by atoms with Gasteiger partial charge in [0.15, 0.2) is 0 Å². The fourth-order valence-electron chi connectivity index (χ4n) is 5.45. The number of rotatable bonds is 9. The molecule has 0 aromatic heterocycles. The van der Waals surface area contributed by atoms with E-state index < -0.39 is 18.0 Å². The fourth-order valence-corrected chi connectivity index (χ4v) is 5.45. The van der Waals surface area contributed by atoms with Crippen molar-refractivity contribution >= 4 is 18.0 Å². The zero-order valence-electron chi connectivity index (χ0n) is 20.2. The van der Waals surface area contributed by atoms with Crippen LogP contribution in [0.3, 0.4) is 0 Å². The number of carboxylic acids is 1. The summed E-state index contributed by atoms with van der Waals surface area (Å²) in [5, 5.41) is 15.0. The molecule has 2 amide bonds. The fraction of sp³-hybridized carbons (Fsp3) is 0.464. The van der Waals surface area contributed by atoms with Gasteiger partial charge in [0.05, 0.1) is 12.3 Å². The third kappa shape index (κ3) is 5.84. The van der Waals surface area contributed by atoms with E-state index in [-0.39, 0.29) is 43.4 Å². The molecular weight excluding hydrogens is 444 g/mol. The molecule has 186 valence electrons. The van der Waals surface area contributed by atoms with Gasteiger partial charge in [-0.25, -0.2) is 4.79 Å². The topological polar surface area (TPSA) is 105 Å². The van der Waals surface area contributed by atoms with Crippen LogP contribution in [0.1, 0.15) is 62.5 Å². The van der Waals surface area contributed by atoms with Gasteiger partial charge in [0.1, 0.15) is 6.61 Å². The van der Waals surface area contributed by atoms with Crippen LogP contribution in [-0.2, 0) is 14.3 Å². The average molecular weight is 479 g/mol. The summed E-state index contributed by atoms with van der Waals surface area (Å²) in [6, 6.07) is 16.2. The van der Waals surface area contributed by atoms with E-state index in [4.69, 9.17) is 4.74 Å². The SMILES string of the molecule is CCC(CNC(=O)OCC1c2ccccc2-c2ccccc21)C(=O)N[C@@H]1CCCC[C@@H]1CC(=O)O. The van der Waals surface area contributed by atoms with Gasteiger partial charge in [-0.1, -0.05) is 68.3 Å². The van der Waals surface area contributed by atoms with Crippen molar-refractivity contribution in [2.24, 2.45) is 11.8 Å². The van der Waals surface area contributed by atoms with Crippen LogP contribution in [0.15, 0.2) is 48.5 Å². The minimum absolute atomic E-state index is 0.0177. The lowest BCUT2D eigenvalue weighted by Gasteiger charge is -2.32. The van der Waals surface area contributed by atoms with Crippen LogP contribution in [0.25, 0.3) is 11.1 Å². The molecule has 3 atom stereocenters. The Morgan fingerprint density at radius 3 is 2.26 bits per heavy atom. The van der Waals surface area contributed by atoms with Crippen molar-refractivity contribution in [2.45, 2.75) is 57.4 Å². The van der Waals surface area contributed by atoms with E-state index in [0.717, 1.165) is 36.8 Å². The quantitative estimate of drug-likeness (QED) is 0.485. The molecule has 0 bridgehead atoms. The van der Waals surface area contributed by atoms with Crippen molar-refractivity contribution in [1.29, 1.82) is 0 Å². The van der Waals surface area contributed by atoms with Crippen LogP contribution < -0.4 is 10.6 Å². The first-order chi connectivity index (χ1) is 17.0. The summed E-state index contributed by atoms with van der Waals surface area (Å²) in [7, 11) is 0. The first-order valence-corrected chi connectivity index (χ1v) is 12.6. The summed E-state index contributed by atoms with van der Waals surface area (Å²) in [6.45, 7) is 2.30. The van der Waals surface area contributed by atoms with Crippen LogP contribution in [-0.4, -0.2) is 42.3 Å². The molecule has 7 heteroatoms. The molecule has 3 N–H and O–H groups in total. The monoisotopic (exact) mass is 478 g/mol. The van der Waals surface area contributed by atoms with E-state index in [1.54, 1.807) is 0 Å². The number of alkyl carbamates (subject to hydrolysis) is 1. The Hall–Kier alpha value is -3.35. The average Bonchev–Trinajstić information content (AvgIpc) is 3.18. The molecule has 0 radical (unpaired) electrons. The number of carboxylic acid groups (broad SMARTS) is 1. The van der Waals surface area contributed by atoms with E-state index in [1.807, 2.05) is 31.2 Å². The maximum atomic E-state index is 12.9. The van der Waals surface area contributed by atoms with E-state index >= 15 is 0 Å². The predicted molar refractivity (Wildman–Crippen MR) is 133 cm³/mol. The summed E-state index contributed by atoms with van der Waals surface area (Å²) in [4.78, 5) is 36.6. The molecular formula is C28H34N2O5. The molecule has 7 nitrogen and oxygen atoms in total. The Morgan fingerprint density at radius 2 is 1.63 bits per heavy atom. The smallest absolute Gasteiger partial charge is 0.407 e. The van der Waals surface area contributed by atoms with E-state index in [0.29, 0.717) is 6.42 Å². The maximum absolute atomic E-state index is 12.9. The van der Waals surface area contributed by atoms with Gasteiger partial charge < -0.3 is 20.5 Å². The first-order valence-electron chi connectivity index (χ1n) is 12.6. The van der Waals surface area contributed by atoms with Gasteiger partial charge in [-0.05, 0) is 47.4 Å². The lowest BCUT2D eigenvalue weighted by Crippen LogP contribution is -2.47. The van der Waals surface area contributed by atoms with Crippen LogP contribution in [0.5, 0.6) is 0 Å². The Bertz CT molecular complexity index is 1020. The van der Waals surface area contributed by atoms with E-state index in [2.05, 4.69) is 34.9 Å². The minimum Gasteiger partial charge on any atom is -0.481 e. The Labute approximate surface area is 206 Å². The van der Waals surface area contributed by atoms with E-state index in [1.165, 1.54) is 11.1 Å². The molecule has 2 aromatic carbocycles. The third-order valence-electron chi connectivity index (χ3n) is 7.37. The van der Waals surface area contributed by atoms with Gasteiger partial charge in [0, 0.05) is 18.5 Å². The molecule has 35 heavy (non-hydrogen) atoms. The van der Waals surface area contributed by atoms with Crippen molar-refractivity contribution < 1.29 is 24.2 Å². The van der Waals surface area contributed by atoms with Crippen molar-refractivity contribution in [3.8, 4) is 11.1 Å². The molecule has 2 aliphatic rings. The van der Waals surface area contributed by atoms with Crippen LogP contribution in [0, 0.1) is 11.8 Å². The zero-order valence-corrected chi connectivity index (χ0v) is 20.2. The summed E-state index contributed by atoms with van der Waals surface area (Å²) in [6.07, 6.45) is 3.66. The van der Waals surface area contributed by atoms with Crippen molar-refractivity contribution in [1.82, 2.24) is 10.6 Å². The number of carbonyl (C=O) groups excluding carboxylic acids is 2. The number of aliphatic carboxylic acids is 1. The lowest BCUT2D eigenvalue weighted by molar-refractivity contribution is -0.139. The minimum atomic E-state index is -0.833. The number of nitrogens with one attached hydrogen (secondary N) is 2. The molecule has 0 aliphatic heterocycles. The summed E-state index contributed by atoms with van der Waals surface area (Å²) in [5.74, 6) is -1.44. The predicted octanol–water partition coefficient (Wildman–Crippen LogP) is 4.70. The normalized spacial score (nSPS) is 19.8. The van der Waals surface area contributed by atoms with Gasteiger partial charge in [-0.3, -0.25) is 9.59 Å². The second-order valence-electron chi connectivity index (χ2n) is 9.57. The van der Waals surface area contributed by atoms with Crippen LogP contribution in [0.2, 0.25) is 0 Å². The molecule has 4 rings (SSSR count). The molecule has 1 fully saturated rings. The van der Waals surface area contributed by atoms with Crippen molar-refractivity contribution in [3.05, 3.63) is 59.7 Å². The van der Waals surface area contributed by atoms with Crippen molar-refractivity contribution in [3.63, 3.8) is 0 Å². The summed E-state index contributed by atoms with van der Waals surface area (Å²) in [5.41, 5.74) is 4.64. The van der Waals surface area contributed by atoms with Crippen LogP contribution >= 0.6 is 0 Å². The third-order valence-corrected chi connectivity index (χ3v) is 7.37. The number of carbonyl (C=O) groups is 3. The summed E-state index contributed by atoms with van der Waals surface area (Å²) < 4.78 is 5.58. The highest BCUT2D eigenvalue weighted by molar-refractivity contribution is 5.80. The second-order valence-corrected chi connectivity index (χ2v) is 9.57. The van der Waals surface area contributed by atoms with Crippen molar-refractivity contribution in [2.75, 3.05) is 13.2 Å². The molecule has 0 heterocycles. The largest absolute Gasteiger partial charge is 0.481 e. The molecule has 1 saturated carbocycles. The van der Waals surface area contributed by atoms with Gasteiger partial charge in [0.25, 0.3) is 0 Å². The number of fused-ring (bicyclic) bond motifs is 3. The standard InChI is InChI=1S/C28H34N2O5/c1-2-18(27(33)30-25-14-8-3-9-19(25)15-26(31)32)16-29-28(34)35-17-24-22-12-6-4-10-20(22)21-11-5-7-13-23(21)24/h4-7,10-13,18-19,24-25H,2-3,8-9,14-17H2,1H3,(H,29,34)(H,30,33)(H,31,32)/t18?,19-,25-/m1/s1. The highest BCUT2D eigenvalue weighted by Crippen LogP contribution is 2.44. The van der Waals surface area contributed by atoms with E-state index in [9.17, 15) is 19.5 Å². The number of benzene rings is 2.